The topological polar surface area (TPSA) is 354 Å². The number of Topliss-reactive ketones (excluding diaryl/α,β-unsaturated/α-hetero) is 4. The summed E-state index contributed by atoms with van der Waals surface area (Å²) in [5.74, 6) is -12.3. The van der Waals surface area contributed by atoms with E-state index in [-0.39, 0.29) is 71.3 Å². The van der Waals surface area contributed by atoms with Gasteiger partial charge >= 0.3 is 0 Å². The maximum Gasteiger partial charge on any atom is 0.255 e. The van der Waals surface area contributed by atoms with Gasteiger partial charge in [-0.05, 0) is 88.1 Å². The Kier molecular flexibility index (Phi) is 13.6. The molecule has 21 heteroatoms. The van der Waals surface area contributed by atoms with Gasteiger partial charge in [-0.15, -0.1) is 0 Å². The minimum atomic E-state index is -2.54. The van der Waals surface area contributed by atoms with Gasteiger partial charge in [0.05, 0.1) is 34.0 Å². The lowest BCUT2D eigenvalue weighted by atomic mass is 9.59. The van der Waals surface area contributed by atoms with Crippen molar-refractivity contribution in [3.8, 4) is 11.5 Å². The van der Waals surface area contributed by atoms with E-state index in [1.54, 1.807) is 35.0 Å². The van der Waals surface area contributed by atoms with Gasteiger partial charge in [-0.25, -0.2) is 3.11 Å². The first-order valence-corrected chi connectivity index (χ1v) is 24.6. The van der Waals surface area contributed by atoms with Crippen LogP contribution in [0.15, 0.2) is 52.0 Å². The van der Waals surface area contributed by atoms with Gasteiger partial charge in [0.2, 0.25) is 23.4 Å². The summed E-state index contributed by atoms with van der Waals surface area (Å²) in [5.41, 5.74) is 5.35. The summed E-state index contributed by atoms with van der Waals surface area (Å²) in [6.45, 7) is 11.4. The number of halogens is 2. The number of imide groups is 1. The number of ketones is 4. The van der Waals surface area contributed by atoms with Crippen LogP contribution < -0.4 is 11.5 Å². The maximum atomic E-state index is 13.5. The Labute approximate surface area is 434 Å². The van der Waals surface area contributed by atoms with Crippen molar-refractivity contribution in [2.75, 3.05) is 0 Å². The molecule has 7 aliphatic rings. The number of fused-ring (bicyclic) bond motifs is 6. The second-order valence-corrected chi connectivity index (χ2v) is 23.1. The zero-order valence-corrected chi connectivity index (χ0v) is 43.7. The number of carbonyl (C=O) groups is 8. The van der Waals surface area contributed by atoms with Crippen LogP contribution in [-0.2, 0) is 62.0 Å². The Morgan fingerprint density at radius 2 is 1.04 bits per heavy atom. The first-order valence-electron chi connectivity index (χ1n) is 22.6. The fourth-order valence-corrected chi connectivity index (χ4v) is 12.2. The van der Waals surface area contributed by atoms with Crippen molar-refractivity contribution in [3.05, 3.63) is 89.0 Å². The Bertz CT molecular complexity index is 2960. The number of aromatic hydroxyl groups is 2. The minimum Gasteiger partial charge on any atom is -0.508 e. The van der Waals surface area contributed by atoms with Crippen LogP contribution in [0.25, 0.3) is 11.5 Å². The number of primary amides is 2. The molecule has 6 atom stereocenters. The average Bonchev–Trinajstić information content (AvgIpc) is 3.54. The molecular weight excluding hydrogens is 1150 g/mol. The zero-order chi connectivity index (χ0) is 53.1. The number of benzene rings is 2. The van der Waals surface area contributed by atoms with Gasteiger partial charge in [0, 0.05) is 63.4 Å². The molecule has 1 saturated heterocycles. The van der Waals surface area contributed by atoms with Crippen LogP contribution in [0.5, 0.6) is 11.5 Å². The van der Waals surface area contributed by atoms with Gasteiger partial charge in [-0.3, -0.25) is 38.4 Å². The van der Waals surface area contributed by atoms with E-state index in [0.29, 0.717) is 47.9 Å². The summed E-state index contributed by atoms with van der Waals surface area (Å²) in [6, 6.07) is 5.43. The molecule has 2 aromatic rings. The highest BCUT2D eigenvalue weighted by atomic mass is 127. The zero-order valence-electron chi connectivity index (χ0n) is 39.4. The molecule has 1 heterocycles. The predicted octanol–water partition coefficient (Wildman–Crippen LogP) is 4.53. The van der Waals surface area contributed by atoms with Crippen LogP contribution in [0.4, 0.5) is 0 Å². The first-order chi connectivity index (χ1) is 32.7. The molecule has 4 amide bonds. The summed E-state index contributed by atoms with van der Waals surface area (Å²) in [6.07, 6.45) is 1.01. The highest BCUT2D eigenvalue weighted by molar-refractivity contribution is 14.1. The van der Waals surface area contributed by atoms with Crippen molar-refractivity contribution in [2.45, 2.75) is 115 Å². The maximum absolute atomic E-state index is 13.5. The first kappa shape index (κ1) is 53.1. The SMILES string of the molecule is CC(C)(C)c1cc(I)c2c(c1O)C(O)=C1C(=O)[C@]3(O)C(O)=C(C(N)=O)C(=O)C[C@@H]3C[C@@H]1C2.CC(C)(C)c1ccc2c(c1O)C(O)=C1C(=O)[C@]3(O)C(O)=C(C(N)=O)C(=O)C[C@@H]3C[C@@H]1C2.O=C1CCC(=O)N1I. The van der Waals surface area contributed by atoms with E-state index >= 15 is 0 Å². The minimum absolute atomic E-state index is 0.0735. The Balaban J connectivity index is 0.000000180. The van der Waals surface area contributed by atoms with Crippen LogP contribution in [0, 0.1) is 27.2 Å². The summed E-state index contributed by atoms with van der Waals surface area (Å²) in [4.78, 5) is 95.9. The van der Waals surface area contributed by atoms with Crippen LogP contribution in [0.1, 0.15) is 113 Å². The number of hydrogen-bond donors (Lipinski definition) is 10. The van der Waals surface area contributed by atoms with Gasteiger partial charge in [0.1, 0.15) is 45.7 Å². The van der Waals surface area contributed by atoms with Gasteiger partial charge in [-0.1, -0.05) is 53.7 Å². The molecule has 0 spiro atoms. The number of rotatable bonds is 2. The number of carbonyl (C=O) groups excluding carboxylic acids is 8. The molecular formula is C50H53I2N3O16. The smallest absolute Gasteiger partial charge is 0.255 e. The molecule has 0 bridgehead atoms. The molecule has 1 aliphatic heterocycles. The number of aliphatic hydroxyl groups excluding tert-OH is 4. The van der Waals surface area contributed by atoms with Crippen molar-refractivity contribution in [2.24, 2.45) is 35.1 Å². The third kappa shape index (κ3) is 8.42. The summed E-state index contributed by atoms with van der Waals surface area (Å²) >= 11 is 3.85. The van der Waals surface area contributed by atoms with Gasteiger partial charge in [-0.2, -0.15) is 0 Å². The number of amides is 4. The summed E-state index contributed by atoms with van der Waals surface area (Å²) in [5, 5.41) is 87.7. The predicted molar refractivity (Wildman–Crippen MR) is 268 cm³/mol. The molecule has 3 fully saturated rings. The Morgan fingerprint density at radius 3 is 1.44 bits per heavy atom. The van der Waals surface area contributed by atoms with Crippen molar-refractivity contribution < 1.29 is 79.2 Å². The van der Waals surface area contributed by atoms with E-state index in [1.165, 1.54) is 0 Å². The van der Waals surface area contributed by atoms with E-state index in [4.69, 9.17) is 11.5 Å². The highest BCUT2D eigenvalue weighted by Crippen LogP contribution is 2.55. The van der Waals surface area contributed by atoms with Gasteiger partial charge in [0.15, 0.2) is 22.8 Å². The lowest BCUT2D eigenvalue weighted by molar-refractivity contribution is -0.148. The molecule has 0 radical (unpaired) electrons. The molecule has 19 nitrogen and oxygen atoms in total. The standard InChI is InChI=1S/C23H24INO7.C23H25NO7.C4H4INO2/c1-22(2,3)11-7-12(24)10-5-8-4-9-6-13(26)16(21(25)31)20(30)23(9,32)19(29)14(8)18(28)15(10)17(11)27;1-22(2,3)12-5-4-9-6-10-7-11-8-13(25)16(21(24)30)20(29)23(11,31)19(28)15(10)18(27)14(9)17(12)26;5-6-3(7)1-2-4(6)8/h7-9,27-28,30,32H,4-6H2,1-3H3,(H2,25,31);4-5,10-11,26-27,29,31H,6-8H2,1-3H3,(H2,24,30);1-2H2/t8-,9+,23+;10-,11-,23-;/m10./s1. The van der Waals surface area contributed by atoms with Crippen molar-refractivity contribution in [1.29, 1.82) is 0 Å². The number of aliphatic hydroxyl groups is 6. The lowest BCUT2D eigenvalue weighted by Gasteiger charge is -2.46. The molecule has 2 saturated carbocycles. The Morgan fingerprint density at radius 1 is 0.634 bits per heavy atom. The second kappa shape index (κ2) is 18.1. The largest absolute Gasteiger partial charge is 0.508 e. The highest BCUT2D eigenvalue weighted by Gasteiger charge is 2.62. The van der Waals surface area contributed by atoms with Crippen LogP contribution in [0.2, 0.25) is 0 Å². The number of phenols is 2. The molecule has 71 heavy (non-hydrogen) atoms. The molecule has 6 aliphatic carbocycles. The number of phenolic OH excluding ortho intramolecular Hbond substituents is 2. The lowest BCUT2D eigenvalue weighted by Crippen LogP contribution is -2.58. The molecule has 12 N–H and O–H groups in total. The number of nitrogens with two attached hydrogens (primary N) is 2. The fourth-order valence-electron chi connectivity index (χ4n) is 11.0. The van der Waals surface area contributed by atoms with E-state index in [2.05, 4.69) is 22.6 Å². The third-order valence-electron chi connectivity index (χ3n) is 14.6. The molecule has 0 aromatic heterocycles. The monoisotopic (exact) mass is 1210 g/mol. The van der Waals surface area contributed by atoms with Gasteiger partial charge in [0.25, 0.3) is 11.8 Å². The quantitative estimate of drug-likeness (QED) is 0.0854. The normalized spacial score (nSPS) is 27.2. The number of hydrogen-bond acceptors (Lipinski definition) is 16. The van der Waals surface area contributed by atoms with E-state index in [9.17, 15) is 79.2 Å². The Hall–Kier alpha value is -5.66. The average molecular weight is 1210 g/mol. The van der Waals surface area contributed by atoms with Crippen molar-refractivity contribution >= 4 is 104 Å². The third-order valence-corrected chi connectivity index (χ3v) is 16.6. The van der Waals surface area contributed by atoms with Crippen molar-refractivity contribution in [1.82, 2.24) is 3.11 Å². The van der Waals surface area contributed by atoms with Gasteiger partial charge < -0.3 is 52.3 Å². The van der Waals surface area contributed by atoms with E-state index in [0.717, 1.165) is 6.68 Å². The molecule has 0 unspecified atom stereocenters. The summed E-state index contributed by atoms with van der Waals surface area (Å²) in [7, 11) is 0. The summed E-state index contributed by atoms with van der Waals surface area (Å²) < 4.78 is 1.95. The second-order valence-electron chi connectivity index (χ2n) is 21.0. The van der Waals surface area contributed by atoms with Crippen LogP contribution >= 0.6 is 45.5 Å². The molecule has 2 aromatic carbocycles. The fraction of sp³-hybridized carbons (Fsp3) is 0.440. The molecule has 378 valence electrons. The molecule has 9 rings (SSSR count). The van der Waals surface area contributed by atoms with Crippen LogP contribution in [0.3, 0.4) is 0 Å². The van der Waals surface area contributed by atoms with Crippen LogP contribution in [-0.4, -0.2) is 102 Å². The van der Waals surface area contributed by atoms with E-state index in [1.807, 2.05) is 47.6 Å². The van der Waals surface area contributed by atoms with Crippen molar-refractivity contribution in [3.63, 3.8) is 0 Å². The van der Waals surface area contributed by atoms with E-state index < -0.39 is 115 Å². The number of nitrogens with zero attached hydrogens (tertiary/aromatic N) is 1.